The second-order valence-corrected chi connectivity index (χ2v) is 8.40. The predicted octanol–water partition coefficient (Wildman–Crippen LogP) is 1.33. The molecule has 1 saturated heterocycles. The first kappa shape index (κ1) is 22.2. The Morgan fingerprint density at radius 1 is 1.28 bits per heavy atom. The topological polar surface area (TPSA) is 78.5 Å². The fourth-order valence-electron chi connectivity index (χ4n) is 2.61. The molecule has 0 bridgehead atoms. The molecule has 1 atom stereocenters. The van der Waals surface area contributed by atoms with Crippen LogP contribution >= 0.6 is 24.2 Å². The minimum Gasteiger partial charge on any atom is -0.340 e. The van der Waals surface area contributed by atoms with Gasteiger partial charge in [-0.05, 0) is 43.5 Å². The lowest BCUT2D eigenvalue weighted by Gasteiger charge is -2.26. The Balaban J connectivity index is 0.00000312. The molecule has 25 heavy (non-hydrogen) atoms. The summed E-state index contributed by atoms with van der Waals surface area (Å²) in [5.41, 5.74) is 0. The number of carbonyl (C=O) groups excluding carboxylic acids is 1. The maximum absolute atomic E-state index is 12.8. The van der Waals surface area contributed by atoms with Gasteiger partial charge in [-0.15, -0.1) is 12.4 Å². The van der Waals surface area contributed by atoms with Crippen molar-refractivity contribution in [2.75, 3.05) is 38.2 Å². The zero-order chi connectivity index (χ0) is 17.4. The smallest absolute Gasteiger partial charge is 0.241 e. The first-order valence-electron chi connectivity index (χ1n) is 8.10. The Morgan fingerprint density at radius 2 is 2.00 bits per heavy atom. The fraction of sp³-hybridized carbons (Fsp3) is 0.562. The molecule has 1 amide bonds. The highest BCUT2D eigenvalue weighted by atomic mass is 35.5. The number of rotatable bonds is 7. The maximum Gasteiger partial charge on any atom is 0.241 e. The minimum absolute atomic E-state index is 0. The summed E-state index contributed by atoms with van der Waals surface area (Å²) in [5.74, 6) is 0.590. The Hall–Kier alpha value is -0.800. The predicted molar refractivity (Wildman–Crippen MR) is 105 cm³/mol. The molecule has 0 saturated carbocycles. The maximum atomic E-state index is 12.8. The van der Waals surface area contributed by atoms with Crippen LogP contribution in [0.5, 0.6) is 0 Å². The summed E-state index contributed by atoms with van der Waals surface area (Å²) in [4.78, 5) is 14.8. The van der Waals surface area contributed by atoms with Gasteiger partial charge < -0.3 is 10.2 Å². The highest BCUT2D eigenvalue weighted by molar-refractivity contribution is 7.98. The van der Waals surface area contributed by atoms with Gasteiger partial charge in [0, 0.05) is 19.6 Å². The molecule has 2 N–H and O–H groups in total. The number of thioether (sulfide) groups is 1. The van der Waals surface area contributed by atoms with Crippen molar-refractivity contribution in [3.05, 3.63) is 30.3 Å². The molecule has 9 heteroatoms. The monoisotopic (exact) mass is 407 g/mol. The molecule has 1 aliphatic heterocycles. The lowest BCUT2D eigenvalue weighted by Crippen LogP contribution is -2.49. The van der Waals surface area contributed by atoms with Crippen LogP contribution in [0.1, 0.15) is 12.8 Å². The van der Waals surface area contributed by atoms with E-state index in [1.54, 1.807) is 34.9 Å². The Kier molecular flexibility index (Phi) is 9.81. The van der Waals surface area contributed by atoms with E-state index in [1.165, 1.54) is 12.1 Å². The molecule has 1 unspecified atom stereocenters. The summed E-state index contributed by atoms with van der Waals surface area (Å²) in [6.07, 6.45) is 3.31. The first-order chi connectivity index (χ1) is 11.5. The van der Waals surface area contributed by atoms with Gasteiger partial charge in [0.25, 0.3) is 0 Å². The van der Waals surface area contributed by atoms with Crippen molar-refractivity contribution in [2.45, 2.75) is 23.8 Å². The first-order valence-corrected chi connectivity index (χ1v) is 11.0. The number of hydrogen-bond donors (Lipinski definition) is 2. The number of sulfonamides is 1. The third-order valence-corrected chi connectivity index (χ3v) is 6.04. The lowest BCUT2D eigenvalue weighted by atomic mass is 10.2. The summed E-state index contributed by atoms with van der Waals surface area (Å²) < 4.78 is 27.7. The molecule has 1 aromatic rings. The van der Waals surface area contributed by atoms with Gasteiger partial charge in [-0.3, -0.25) is 4.79 Å². The van der Waals surface area contributed by atoms with E-state index in [1.807, 2.05) is 6.26 Å². The molecule has 6 nitrogen and oxygen atoms in total. The van der Waals surface area contributed by atoms with Gasteiger partial charge in [0.15, 0.2) is 0 Å². The van der Waals surface area contributed by atoms with Crippen LogP contribution in [0, 0.1) is 0 Å². The number of benzene rings is 1. The number of amides is 1. The van der Waals surface area contributed by atoms with Crippen molar-refractivity contribution < 1.29 is 13.2 Å². The van der Waals surface area contributed by atoms with Gasteiger partial charge in [-0.25, -0.2) is 8.42 Å². The van der Waals surface area contributed by atoms with Crippen LogP contribution in [-0.4, -0.2) is 63.5 Å². The zero-order valence-corrected chi connectivity index (χ0v) is 16.8. The SMILES string of the molecule is CSCCC(NS(=O)(=O)c1ccccc1)C(=O)N1CCCNCC1.Cl. The quantitative estimate of drug-likeness (QED) is 0.712. The molecule has 0 spiro atoms. The summed E-state index contributed by atoms with van der Waals surface area (Å²) in [6.45, 7) is 2.90. The van der Waals surface area contributed by atoms with E-state index in [9.17, 15) is 13.2 Å². The van der Waals surface area contributed by atoms with E-state index in [0.29, 0.717) is 19.5 Å². The molecule has 0 radical (unpaired) electrons. The van der Waals surface area contributed by atoms with Crippen molar-refractivity contribution in [3.8, 4) is 0 Å². The standard InChI is InChI=1S/C16H25N3O3S2.ClH/c1-23-13-8-15(16(20)19-11-5-9-17-10-12-19)18-24(21,22)14-6-3-2-4-7-14;/h2-4,6-7,15,17-18H,5,8-13H2,1H3;1H. The number of nitrogens with zero attached hydrogens (tertiary/aromatic N) is 1. The Labute approximate surface area is 160 Å². The molecular formula is C16H26ClN3O3S2. The third-order valence-electron chi connectivity index (χ3n) is 3.91. The molecule has 1 fully saturated rings. The average Bonchev–Trinajstić information content (AvgIpc) is 2.88. The van der Waals surface area contributed by atoms with Crippen molar-refractivity contribution in [1.82, 2.24) is 14.9 Å². The highest BCUT2D eigenvalue weighted by Crippen LogP contribution is 2.12. The number of nitrogens with one attached hydrogen (secondary N) is 2. The average molecular weight is 408 g/mol. The molecule has 1 aliphatic rings. The molecule has 1 aromatic carbocycles. The van der Waals surface area contributed by atoms with E-state index in [4.69, 9.17) is 0 Å². The van der Waals surface area contributed by atoms with Crippen LogP contribution in [0.2, 0.25) is 0 Å². The lowest BCUT2D eigenvalue weighted by molar-refractivity contribution is -0.132. The van der Waals surface area contributed by atoms with Gasteiger partial charge >= 0.3 is 0 Å². The van der Waals surface area contributed by atoms with Gasteiger partial charge in [0.05, 0.1) is 4.90 Å². The van der Waals surface area contributed by atoms with Crippen LogP contribution < -0.4 is 10.0 Å². The van der Waals surface area contributed by atoms with Crippen LogP contribution in [0.15, 0.2) is 35.2 Å². The largest absolute Gasteiger partial charge is 0.340 e. The summed E-state index contributed by atoms with van der Waals surface area (Å²) >= 11 is 1.60. The summed E-state index contributed by atoms with van der Waals surface area (Å²) in [7, 11) is -3.71. The number of halogens is 1. The van der Waals surface area contributed by atoms with Gasteiger partial charge in [-0.1, -0.05) is 18.2 Å². The number of hydrogen-bond acceptors (Lipinski definition) is 5. The second kappa shape index (κ2) is 11.0. The molecule has 0 aromatic heterocycles. The van der Waals surface area contributed by atoms with E-state index >= 15 is 0 Å². The summed E-state index contributed by atoms with van der Waals surface area (Å²) in [6, 6.07) is 7.46. The minimum atomic E-state index is -3.71. The van der Waals surface area contributed by atoms with Gasteiger partial charge in [-0.2, -0.15) is 16.5 Å². The van der Waals surface area contributed by atoms with Crippen molar-refractivity contribution in [3.63, 3.8) is 0 Å². The molecule has 0 aliphatic carbocycles. The van der Waals surface area contributed by atoms with Gasteiger partial charge in [0.2, 0.25) is 15.9 Å². The van der Waals surface area contributed by atoms with E-state index in [2.05, 4.69) is 10.0 Å². The van der Waals surface area contributed by atoms with Crippen LogP contribution in [0.25, 0.3) is 0 Å². The summed E-state index contributed by atoms with van der Waals surface area (Å²) in [5, 5.41) is 3.25. The van der Waals surface area contributed by atoms with Crippen molar-refractivity contribution in [1.29, 1.82) is 0 Å². The highest BCUT2D eigenvalue weighted by Gasteiger charge is 2.29. The molecule has 142 valence electrons. The number of carbonyl (C=O) groups is 1. The normalized spacial score (nSPS) is 16.6. The van der Waals surface area contributed by atoms with Crippen molar-refractivity contribution in [2.24, 2.45) is 0 Å². The van der Waals surface area contributed by atoms with Crippen molar-refractivity contribution >= 4 is 40.1 Å². The fourth-order valence-corrected chi connectivity index (χ4v) is 4.33. The Morgan fingerprint density at radius 3 is 2.68 bits per heavy atom. The van der Waals surface area contributed by atoms with Crippen LogP contribution in [0.3, 0.4) is 0 Å². The van der Waals surface area contributed by atoms with Crippen LogP contribution in [0.4, 0.5) is 0 Å². The van der Waals surface area contributed by atoms with Gasteiger partial charge in [0.1, 0.15) is 6.04 Å². The zero-order valence-electron chi connectivity index (χ0n) is 14.3. The van der Waals surface area contributed by atoms with E-state index in [0.717, 1.165) is 25.3 Å². The second-order valence-electron chi connectivity index (χ2n) is 5.70. The van der Waals surface area contributed by atoms with E-state index in [-0.39, 0.29) is 23.2 Å². The molecule has 1 heterocycles. The molecule has 2 rings (SSSR count). The van der Waals surface area contributed by atoms with Crippen LogP contribution in [-0.2, 0) is 14.8 Å². The molecular weight excluding hydrogens is 382 g/mol. The van der Waals surface area contributed by atoms with E-state index < -0.39 is 16.1 Å². The Bertz CT molecular complexity index is 621. The third kappa shape index (κ3) is 6.79.